The minimum atomic E-state index is 0.695. The Kier molecular flexibility index (Phi) is 9.14. The van der Waals surface area contributed by atoms with Crippen molar-refractivity contribution < 1.29 is 0 Å². The van der Waals surface area contributed by atoms with Gasteiger partial charge in [-0.25, -0.2) is 14.5 Å². The van der Waals surface area contributed by atoms with Gasteiger partial charge in [-0.05, 0) is 61.0 Å². The maximum Gasteiger partial charge on any atom is 0.160 e. The maximum atomic E-state index is 5.76. The third kappa shape index (κ3) is 6.49. The van der Waals surface area contributed by atoms with Gasteiger partial charge < -0.3 is 0 Å². The molecule has 0 aliphatic heterocycles. The summed E-state index contributed by atoms with van der Waals surface area (Å²) < 4.78 is 2.23. The second-order valence-corrected chi connectivity index (χ2v) is 17.1. The summed E-state index contributed by atoms with van der Waals surface area (Å²) in [6.45, 7) is 0. The van der Waals surface area contributed by atoms with E-state index in [4.69, 9.17) is 15.1 Å². The van der Waals surface area contributed by atoms with Crippen molar-refractivity contribution >= 4 is 48.6 Å². The van der Waals surface area contributed by atoms with Gasteiger partial charge in [0.2, 0.25) is 0 Å². The average Bonchev–Trinajstić information content (AvgIpc) is 3.82. The Bertz CT molecular complexity index is 3900. The summed E-state index contributed by atoms with van der Waals surface area (Å²) in [5, 5.41) is 15.5. The first-order valence-electron chi connectivity index (χ1n) is 22.8. The molecule has 0 saturated heterocycles. The van der Waals surface area contributed by atoms with Gasteiger partial charge in [-0.2, -0.15) is 5.10 Å². The lowest BCUT2D eigenvalue weighted by Gasteiger charge is -2.18. The van der Waals surface area contributed by atoms with Crippen LogP contribution in [0, 0.1) is 0 Å². The van der Waals surface area contributed by atoms with E-state index in [0.717, 1.165) is 89.1 Å². The monoisotopic (exact) mass is 852 g/mol. The Morgan fingerprint density at radius 3 is 1.25 bits per heavy atom. The van der Waals surface area contributed by atoms with Crippen molar-refractivity contribution in [3.8, 4) is 78.7 Å². The molecule has 3 aromatic heterocycles. The van der Waals surface area contributed by atoms with E-state index in [-0.39, 0.29) is 0 Å². The van der Waals surface area contributed by atoms with E-state index < -0.39 is 0 Å². The highest BCUT2D eigenvalue weighted by molar-refractivity contribution is 6.26. The van der Waals surface area contributed by atoms with E-state index in [1.54, 1.807) is 0 Å². The number of hydrogen-bond donors (Lipinski definition) is 0. The van der Waals surface area contributed by atoms with Crippen LogP contribution in [0.2, 0.25) is 0 Å². The third-order valence-electron chi connectivity index (χ3n) is 13.2. The Labute approximate surface area is 387 Å². The minimum Gasteiger partial charge on any atom is -0.231 e. The molecule has 0 unspecified atom stereocenters. The number of nitrogens with zero attached hydrogens (tertiary/aromatic N) is 4. The first-order chi connectivity index (χ1) is 33.2. The van der Waals surface area contributed by atoms with Crippen molar-refractivity contribution in [2.45, 2.75) is 0 Å². The van der Waals surface area contributed by atoms with Crippen LogP contribution in [0.5, 0.6) is 0 Å². The number of rotatable bonds is 7. The van der Waals surface area contributed by atoms with Gasteiger partial charge in [0.25, 0.3) is 0 Å². The van der Waals surface area contributed by atoms with Crippen molar-refractivity contribution in [3.05, 3.63) is 243 Å². The molecule has 10 aromatic carbocycles. The normalized spacial score (nSPS) is 11.6. The molecular formula is C63H40N4. The zero-order chi connectivity index (χ0) is 44.3. The summed E-state index contributed by atoms with van der Waals surface area (Å²) in [7, 11) is 0. The van der Waals surface area contributed by atoms with Crippen LogP contribution in [0.4, 0.5) is 0 Å². The summed E-state index contributed by atoms with van der Waals surface area (Å²) in [5.41, 5.74) is 14.4. The second-order valence-electron chi connectivity index (χ2n) is 17.1. The lowest BCUT2D eigenvalue weighted by Crippen LogP contribution is -2.00. The van der Waals surface area contributed by atoms with Crippen LogP contribution >= 0.6 is 0 Å². The molecule has 0 atom stereocenters. The fourth-order valence-electron chi connectivity index (χ4n) is 10.1. The molecule has 0 fully saturated rings. The average molecular weight is 853 g/mol. The SMILES string of the molecule is c1ccc(-c2cc(-c3ccc(-c4c(-c5ccccc5)n5nc(-c6ccc7c8ccccc8c8ccccc8c7c6)c(-c6ccccc6)c5c5ccccc45)cc3)nc(-c3ccccc3)n2)cc1. The van der Waals surface area contributed by atoms with Gasteiger partial charge in [0.05, 0.1) is 22.6 Å². The smallest absolute Gasteiger partial charge is 0.160 e. The Morgan fingerprint density at radius 1 is 0.269 bits per heavy atom. The van der Waals surface area contributed by atoms with E-state index >= 15 is 0 Å². The number of aromatic nitrogens is 4. The number of pyridine rings is 1. The molecule has 13 rings (SSSR count). The minimum absolute atomic E-state index is 0.695. The van der Waals surface area contributed by atoms with Gasteiger partial charge in [0, 0.05) is 44.3 Å². The van der Waals surface area contributed by atoms with E-state index in [0.29, 0.717) is 5.82 Å². The highest BCUT2D eigenvalue weighted by atomic mass is 15.2. The number of benzene rings is 10. The molecule has 13 aromatic rings. The van der Waals surface area contributed by atoms with Gasteiger partial charge >= 0.3 is 0 Å². The maximum absolute atomic E-state index is 5.76. The summed E-state index contributed by atoms with van der Waals surface area (Å²) >= 11 is 0. The predicted molar refractivity (Wildman–Crippen MR) is 279 cm³/mol. The molecule has 3 heterocycles. The van der Waals surface area contributed by atoms with Gasteiger partial charge in [0.1, 0.15) is 5.69 Å². The van der Waals surface area contributed by atoms with Gasteiger partial charge in [0.15, 0.2) is 5.82 Å². The molecule has 0 N–H and O–H groups in total. The van der Waals surface area contributed by atoms with Crippen molar-refractivity contribution in [3.63, 3.8) is 0 Å². The Hall–Kier alpha value is -8.99. The lowest BCUT2D eigenvalue weighted by atomic mass is 9.90. The molecule has 0 radical (unpaired) electrons. The van der Waals surface area contributed by atoms with Crippen LogP contribution in [0.25, 0.3) is 127 Å². The van der Waals surface area contributed by atoms with Gasteiger partial charge in [-0.15, -0.1) is 0 Å². The van der Waals surface area contributed by atoms with Crippen molar-refractivity contribution in [2.24, 2.45) is 0 Å². The molecular weight excluding hydrogens is 813 g/mol. The first kappa shape index (κ1) is 38.5. The van der Waals surface area contributed by atoms with Crippen LogP contribution in [-0.4, -0.2) is 19.6 Å². The van der Waals surface area contributed by atoms with E-state index in [1.807, 2.05) is 24.3 Å². The van der Waals surface area contributed by atoms with Crippen LogP contribution in [0.3, 0.4) is 0 Å². The molecule has 0 bridgehead atoms. The molecule has 0 saturated carbocycles. The van der Waals surface area contributed by atoms with E-state index in [9.17, 15) is 0 Å². The van der Waals surface area contributed by atoms with Gasteiger partial charge in [-0.3, -0.25) is 0 Å². The summed E-state index contributed by atoms with van der Waals surface area (Å²) in [6.07, 6.45) is 0. The highest BCUT2D eigenvalue weighted by Crippen LogP contribution is 2.47. The largest absolute Gasteiger partial charge is 0.231 e. The van der Waals surface area contributed by atoms with Crippen molar-refractivity contribution in [1.29, 1.82) is 0 Å². The molecule has 312 valence electrons. The Morgan fingerprint density at radius 2 is 0.672 bits per heavy atom. The fraction of sp³-hybridized carbons (Fsp3) is 0. The fourth-order valence-corrected chi connectivity index (χ4v) is 10.1. The molecule has 4 heteroatoms. The quantitative estimate of drug-likeness (QED) is 0.150. The summed E-state index contributed by atoms with van der Waals surface area (Å²) in [4.78, 5) is 10.2. The summed E-state index contributed by atoms with van der Waals surface area (Å²) in [6, 6.07) is 86.3. The molecule has 0 aliphatic rings. The zero-order valence-electron chi connectivity index (χ0n) is 36.4. The Balaban J connectivity index is 1.06. The topological polar surface area (TPSA) is 43.1 Å². The van der Waals surface area contributed by atoms with Crippen molar-refractivity contribution in [2.75, 3.05) is 0 Å². The molecule has 67 heavy (non-hydrogen) atoms. The van der Waals surface area contributed by atoms with Crippen molar-refractivity contribution in [1.82, 2.24) is 19.6 Å². The summed E-state index contributed by atoms with van der Waals surface area (Å²) in [5.74, 6) is 0.695. The van der Waals surface area contributed by atoms with E-state index in [2.05, 4.69) is 223 Å². The van der Waals surface area contributed by atoms with Crippen LogP contribution in [-0.2, 0) is 0 Å². The number of hydrogen-bond acceptors (Lipinski definition) is 3. The lowest BCUT2D eigenvalue weighted by molar-refractivity contribution is 0.981. The van der Waals surface area contributed by atoms with Crippen LogP contribution in [0.15, 0.2) is 243 Å². The number of fused-ring (bicyclic) bond motifs is 9. The van der Waals surface area contributed by atoms with Gasteiger partial charge in [-0.1, -0.05) is 231 Å². The third-order valence-corrected chi connectivity index (χ3v) is 13.2. The van der Waals surface area contributed by atoms with Crippen LogP contribution < -0.4 is 0 Å². The first-order valence-corrected chi connectivity index (χ1v) is 22.8. The molecule has 4 nitrogen and oxygen atoms in total. The van der Waals surface area contributed by atoms with E-state index in [1.165, 1.54) is 32.3 Å². The standard InChI is InChI=1S/C63H40N4/c1-5-19-41(20-6-1)56-40-57(65-63(64-56)46-25-11-4-12-26-46)42-33-35-44(36-34-42)58-53-31-17-18-32-54(53)62-59(43-21-7-2-8-22-43)60(66-67(62)61(58)45-23-9-3-10-24-45)47-37-38-52-50-29-14-13-27-48(50)49-28-15-16-30-51(49)55(52)39-47/h1-40H. The zero-order valence-corrected chi connectivity index (χ0v) is 36.4. The molecule has 0 aliphatic carbocycles. The second kappa shape index (κ2) is 15.9. The molecule has 0 spiro atoms. The highest BCUT2D eigenvalue weighted by Gasteiger charge is 2.26. The predicted octanol–water partition coefficient (Wildman–Crippen LogP) is 16.4. The van der Waals surface area contributed by atoms with Crippen LogP contribution in [0.1, 0.15) is 0 Å². The molecule has 0 amide bonds.